The molecule has 2 aromatic carbocycles. The third kappa shape index (κ3) is 6.58. The van der Waals surface area contributed by atoms with Crippen molar-refractivity contribution in [1.29, 1.82) is 0 Å². The first-order valence-corrected chi connectivity index (χ1v) is 10.4. The molecule has 140 valence electrons. The molecule has 1 atom stereocenters. The highest BCUT2D eigenvalue weighted by Gasteiger charge is 2.14. The maximum Gasteiger partial charge on any atom is 0.260 e. The highest BCUT2D eigenvalue weighted by atomic mass is 35.5. The molecule has 0 radical (unpaired) electrons. The monoisotopic (exact) mass is 431 g/mol. The number of ether oxygens (including phenoxy) is 1. The number of rotatable bonds is 8. The third-order valence-electron chi connectivity index (χ3n) is 3.63. The normalized spacial score (nSPS) is 11.9. The summed E-state index contributed by atoms with van der Waals surface area (Å²) in [4.78, 5) is 12.1. The van der Waals surface area contributed by atoms with Crippen molar-refractivity contribution in [3.05, 3.63) is 62.6 Å². The van der Waals surface area contributed by atoms with Gasteiger partial charge in [0.25, 0.3) is 5.91 Å². The van der Waals surface area contributed by atoms with Gasteiger partial charge in [0.05, 0.1) is 0 Å². The van der Waals surface area contributed by atoms with Crippen LogP contribution in [0.5, 0.6) is 5.75 Å². The molecule has 0 unspecified atom stereocenters. The summed E-state index contributed by atoms with van der Waals surface area (Å²) in [6.07, 6.45) is -0.578. The van der Waals surface area contributed by atoms with Gasteiger partial charge >= 0.3 is 0 Å². The molecule has 1 amide bonds. The Morgan fingerprint density at radius 2 is 1.92 bits per heavy atom. The van der Waals surface area contributed by atoms with Crippen LogP contribution >= 0.6 is 46.6 Å². The van der Waals surface area contributed by atoms with Gasteiger partial charge in [0, 0.05) is 33.1 Å². The molecule has 0 saturated heterocycles. The molecule has 0 spiro atoms. The Morgan fingerprint density at radius 3 is 2.62 bits per heavy atom. The number of hydrogen-bond acceptors (Lipinski definition) is 3. The van der Waals surface area contributed by atoms with Crippen molar-refractivity contribution in [2.45, 2.75) is 25.7 Å². The maximum absolute atomic E-state index is 12.1. The topological polar surface area (TPSA) is 38.3 Å². The largest absolute Gasteiger partial charge is 0.481 e. The first-order chi connectivity index (χ1) is 12.4. The number of nitrogens with one attached hydrogen (secondary N) is 1. The zero-order valence-corrected chi connectivity index (χ0v) is 17.6. The van der Waals surface area contributed by atoms with Crippen LogP contribution in [-0.2, 0) is 10.5 Å². The van der Waals surface area contributed by atoms with Crippen molar-refractivity contribution in [3.63, 3.8) is 0 Å². The van der Waals surface area contributed by atoms with E-state index in [0.29, 0.717) is 27.4 Å². The van der Waals surface area contributed by atoms with E-state index in [2.05, 4.69) is 5.32 Å². The zero-order chi connectivity index (χ0) is 19.1. The second kappa shape index (κ2) is 10.3. The minimum absolute atomic E-state index is 0.150. The number of amides is 1. The molecule has 0 aromatic heterocycles. The molecule has 3 nitrogen and oxygen atoms in total. The van der Waals surface area contributed by atoms with Crippen LogP contribution in [0.2, 0.25) is 15.1 Å². The van der Waals surface area contributed by atoms with E-state index in [1.165, 1.54) is 0 Å². The summed E-state index contributed by atoms with van der Waals surface area (Å²) in [5.41, 5.74) is 1.94. The molecule has 0 aliphatic heterocycles. The van der Waals surface area contributed by atoms with Gasteiger partial charge in [0.2, 0.25) is 0 Å². The fourth-order valence-corrected chi connectivity index (χ4v) is 3.69. The van der Waals surface area contributed by atoms with Gasteiger partial charge in [-0.15, -0.1) is 0 Å². The van der Waals surface area contributed by atoms with Gasteiger partial charge in [-0.25, -0.2) is 0 Å². The fourth-order valence-electron chi connectivity index (χ4n) is 2.16. The van der Waals surface area contributed by atoms with Crippen LogP contribution in [0.4, 0.5) is 0 Å². The number of carbonyl (C=O) groups excluding carboxylic acids is 1. The predicted octanol–water partition coefficient (Wildman–Crippen LogP) is 5.77. The molecule has 1 N–H and O–H groups in total. The van der Waals surface area contributed by atoms with Crippen molar-refractivity contribution in [1.82, 2.24) is 5.32 Å². The summed E-state index contributed by atoms with van der Waals surface area (Å²) >= 11 is 19.7. The highest BCUT2D eigenvalue weighted by molar-refractivity contribution is 7.98. The number of hydrogen-bond donors (Lipinski definition) is 1. The van der Waals surface area contributed by atoms with Gasteiger partial charge in [-0.05, 0) is 55.3 Å². The molecule has 0 aliphatic carbocycles. The van der Waals surface area contributed by atoms with Crippen molar-refractivity contribution < 1.29 is 9.53 Å². The first kappa shape index (κ1) is 21.2. The van der Waals surface area contributed by atoms with E-state index in [1.807, 2.05) is 25.1 Å². The third-order valence-corrected chi connectivity index (χ3v) is 5.65. The van der Waals surface area contributed by atoms with Crippen LogP contribution in [0.15, 0.2) is 36.4 Å². The molecule has 0 saturated carbocycles. The number of thioether (sulfide) groups is 1. The van der Waals surface area contributed by atoms with Gasteiger partial charge < -0.3 is 10.1 Å². The van der Waals surface area contributed by atoms with Crippen molar-refractivity contribution >= 4 is 52.5 Å². The molecular weight excluding hydrogens is 413 g/mol. The molecule has 2 aromatic rings. The van der Waals surface area contributed by atoms with Crippen LogP contribution in [0.3, 0.4) is 0 Å². The Balaban J connectivity index is 1.70. The van der Waals surface area contributed by atoms with Crippen LogP contribution in [0.25, 0.3) is 0 Å². The average molecular weight is 433 g/mol. The summed E-state index contributed by atoms with van der Waals surface area (Å²) in [6, 6.07) is 10.8. The zero-order valence-electron chi connectivity index (χ0n) is 14.5. The summed E-state index contributed by atoms with van der Waals surface area (Å²) < 4.78 is 5.66. The Labute approximate surface area is 173 Å². The lowest BCUT2D eigenvalue weighted by atomic mass is 10.2. The highest BCUT2D eigenvalue weighted by Crippen LogP contribution is 2.24. The molecule has 0 heterocycles. The summed E-state index contributed by atoms with van der Waals surface area (Å²) in [7, 11) is 0. The minimum atomic E-state index is -0.578. The number of benzene rings is 2. The van der Waals surface area contributed by atoms with E-state index in [9.17, 15) is 4.79 Å². The van der Waals surface area contributed by atoms with Gasteiger partial charge in [0.15, 0.2) is 6.10 Å². The number of halogens is 3. The quantitative estimate of drug-likeness (QED) is 0.538. The first-order valence-electron chi connectivity index (χ1n) is 8.09. The standard InChI is InChI=1S/C19H20Cl3NO2S/c1-12-9-16(5-6-17(12)21)25-13(2)19(24)23-7-8-26-11-14-3-4-15(20)10-18(14)22/h3-6,9-10,13H,7-8,11H2,1-2H3,(H,23,24)/t13-/m1/s1. The average Bonchev–Trinajstić information content (AvgIpc) is 2.59. The number of aryl methyl sites for hydroxylation is 1. The summed E-state index contributed by atoms with van der Waals surface area (Å²) in [5.74, 6) is 2.02. The van der Waals surface area contributed by atoms with Gasteiger partial charge in [-0.2, -0.15) is 11.8 Å². The van der Waals surface area contributed by atoms with Crippen molar-refractivity contribution in [2.75, 3.05) is 12.3 Å². The van der Waals surface area contributed by atoms with E-state index in [-0.39, 0.29) is 5.91 Å². The Hall–Kier alpha value is -1.07. The Kier molecular flexibility index (Phi) is 8.42. The van der Waals surface area contributed by atoms with E-state index in [4.69, 9.17) is 39.5 Å². The SMILES string of the molecule is Cc1cc(O[C@H](C)C(=O)NCCSCc2ccc(Cl)cc2Cl)ccc1Cl. The molecule has 2 rings (SSSR count). The maximum atomic E-state index is 12.1. The van der Waals surface area contributed by atoms with Crippen LogP contribution in [0, 0.1) is 6.92 Å². The van der Waals surface area contributed by atoms with Gasteiger partial charge in [-0.3, -0.25) is 4.79 Å². The lowest BCUT2D eigenvalue weighted by Crippen LogP contribution is -2.37. The van der Waals surface area contributed by atoms with Gasteiger partial charge in [-0.1, -0.05) is 40.9 Å². The van der Waals surface area contributed by atoms with Crippen molar-refractivity contribution in [2.24, 2.45) is 0 Å². The van der Waals surface area contributed by atoms with Crippen molar-refractivity contribution in [3.8, 4) is 5.75 Å². The van der Waals surface area contributed by atoms with Gasteiger partial charge in [0.1, 0.15) is 5.75 Å². The second-order valence-corrected chi connectivity index (χ2v) is 8.11. The molecule has 0 bridgehead atoms. The van der Waals surface area contributed by atoms with E-state index in [0.717, 1.165) is 22.6 Å². The van der Waals surface area contributed by atoms with Crippen LogP contribution in [0.1, 0.15) is 18.1 Å². The lowest BCUT2D eigenvalue weighted by Gasteiger charge is -2.15. The lowest BCUT2D eigenvalue weighted by molar-refractivity contribution is -0.127. The molecule has 0 aliphatic rings. The second-order valence-electron chi connectivity index (χ2n) is 5.75. The smallest absolute Gasteiger partial charge is 0.260 e. The Morgan fingerprint density at radius 1 is 1.15 bits per heavy atom. The van der Waals surface area contributed by atoms with E-state index < -0.39 is 6.10 Å². The molecule has 0 fully saturated rings. The predicted molar refractivity (Wildman–Crippen MR) is 112 cm³/mol. The molecule has 7 heteroatoms. The molecular formula is C19H20Cl3NO2S. The Bertz CT molecular complexity index is 770. The van der Waals surface area contributed by atoms with E-state index in [1.54, 1.807) is 36.9 Å². The minimum Gasteiger partial charge on any atom is -0.481 e. The summed E-state index contributed by atoms with van der Waals surface area (Å²) in [6.45, 7) is 4.17. The van der Waals surface area contributed by atoms with Crippen LogP contribution < -0.4 is 10.1 Å². The summed E-state index contributed by atoms with van der Waals surface area (Å²) in [5, 5.41) is 4.83. The number of carbonyl (C=O) groups is 1. The fraction of sp³-hybridized carbons (Fsp3) is 0.316. The van der Waals surface area contributed by atoms with E-state index >= 15 is 0 Å². The molecule has 26 heavy (non-hydrogen) atoms. The van der Waals surface area contributed by atoms with Crippen LogP contribution in [-0.4, -0.2) is 24.3 Å².